The van der Waals surface area contributed by atoms with E-state index in [-0.39, 0.29) is 5.82 Å². The average molecular weight is 220 g/mol. The Bertz CT molecular complexity index is 340. The molecule has 1 N–H and O–H groups in total. The molecule has 0 amide bonds. The molecule has 0 fully saturated rings. The lowest BCUT2D eigenvalue weighted by atomic mass is 10.1. The van der Waals surface area contributed by atoms with Crippen molar-refractivity contribution in [3.8, 4) is 6.07 Å². The summed E-state index contributed by atoms with van der Waals surface area (Å²) < 4.78 is 12.7. The van der Waals surface area contributed by atoms with Crippen molar-refractivity contribution in [2.24, 2.45) is 0 Å². The largest absolute Gasteiger partial charge is 0.314 e. The van der Waals surface area contributed by atoms with Gasteiger partial charge in [-0.2, -0.15) is 5.26 Å². The number of nitrogens with zero attached hydrogens (tertiary/aromatic N) is 1. The number of unbranched alkanes of at least 4 members (excludes halogenated alkanes) is 1. The molecule has 1 rings (SSSR count). The van der Waals surface area contributed by atoms with Crippen LogP contribution in [0.5, 0.6) is 0 Å². The highest BCUT2D eigenvalue weighted by atomic mass is 19.1. The van der Waals surface area contributed by atoms with E-state index in [0.29, 0.717) is 12.5 Å². The second kappa shape index (κ2) is 6.97. The minimum absolute atomic E-state index is 0.196. The topological polar surface area (TPSA) is 35.8 Å². The molecular formula is C13H17FN2. The quantitative estimate of drug-likeness (QED) is 0.748. The van der Waals surface area contributed by atoms with Crippen LogP contribution in [0, 0.1) is 17.1 Å². The molecule has 0 heterocycles. The highest BCUT2D eigenvalue weighted by Gasteiger charge is 2.02. The third-order valence-corrected chi connectivity index (χ3v) is 2.41. The van der Waals surface area contributed by atoms with Crippen molar-refractivity contribution in [1.82, 2.24) is 5.32 Å². The van der Waals surface area contributed by atoms with Crippen LogP contribution in [0.1, 0.15) is 25.3 Å². The van der Waals surface area contributed by atoms with Gasteiger partial charge in [0, 0.05) is 12.5 Å². The van der Waals surface area contributed by atoms with Gasteiger partial charge >= 0.3 is 0 Å². The Morgan fingerprint density at radius 1 is 1.38 bits per heavy atom. The summed E-state index contributed by atoms with van der Waals surface area (Å²) in [5, 5.41) is 11.7. The third kappa shape index (κ3) is 4.90. The molecule has 0 bridgehead atoms. The summed E-state index contributed by atoms with van der Waals surface area (Å²) in [5.41, 5.74) is 1.13. The summed E-state index contributed by atoms with van der Waals surface area (Å²) in [5.74, 6) is -0.196. The first-order valence-electron chi connectivity index (χ1n) is 5.57. The molecule has 0 spiro atoms. The van der Waals surface area contributed by atoms with E-state index >= 15 is 0 Å². The van der Waals surface area contributed by atoms with Gasteiger partial charge in [-0.1, -0.05) is 12.1 Å². The Kier molecular flexibility index (Phi) is 5.52. The summed E-state index contributed by atoms with van der Waals surface area (Å²) in [6, 6.07) is 9.05. The SMILES string of the molecule is CC(Cc1ccc(F)cc1)NCCCC#N. The summed E-state index contributed by atoms with van der Waals surface area (Å²) in [6.45, 7) is 2.95. The van der Waals surface area contributed by atoms with E-state index in [0.717, 1.165) is 24.9 Å². The first-order chi connectivity index (χ1) is 7.72. The molecule has 0 aromatic heterocycles. The van der Waals surface area contributed by atoms with Crippen LogP contribution in [0.25, 0.3) is 0 Å². The average Bonchev–Trinajstić information content (AvgIpc) is 2.28. The van der Waals surface area contributed by atoms with Crippen LogP contribution in [0.2, 0.25) is 0 Å². The third-order valence-electron chi connectivity index (χ3n) is 2.41. The van der Waals surface area contributed by atoms with E-state index in [2.05, 4.69) is 18.3 Å². The second-order valence-corrected chi connectivity index (χ2v) is 3.95. The van der Waals surface area contributed by atoms with Gasteiger partial charge in [-0.15, -0.1) is 0 Å². The number of rotatable bonds is 6. The summed E-state index contributed by atoms with van der Waals surface area (Å²) in [4.78, 5) is 0. The van der Waals surface area contributed by atoms with Gasteiger partial charge in [0.25, 0.3) is 0 Å². The van der Waals surface area contributed by atoms with Crippen molar-refractivity contribution in [2.45, 2.75) is 32.2 Å². The number of hydrogen-bond donors (Lipinski definition) is 1. The van der Waals surface area contributed by atoms with Gasteiger partial charge in [0.15, 0.2) is 0 Å². The molecule has 1 atom stereocenters. The van der Waals surface area contributed by atoms with Gasteiger partial charge in [-0.3, -0.25) is 0 Å². The monoisotopic (exact) mass is 220 g/mol. The molecule has 2 nitrogen and oxygen atoms in total. The van der Waals surface area contributed by atoms with Crippen molar-refractivity contribution in [1.29, 1.82) is 5.26 Å². The first-order valence-corrected chi connectivity index (χ1v) is 5.57. The molecule has 1 aromatic carbocycles. The minimum Gasteiger partial charge on any atom is -0.314 e. The van der Waals surface area contributed by atoms with Crippen LogP contribution >= 0.6 is 0 Å². The number of nitriles is 1. The minimum atomic E-state index is -0.196. The Balaban J connectivity index is 2.26. The molecule has 0 aliphatic rings. The predicted octanol–water partition coefficient (Wildman–Crippen LogP) is 2.65. The van der Waals surface area contributed by atoms with E-state index in [1.807, 2.05) is 12.1 Å². The van der Waals surface area contributed by atoms with Crippen LogP contribution < -0.4 is 5.32 Å². The molecule has 0 saturated heterocycles. The number of halogens is 1. The van der Waals surface area contributed by atoms with Gasteiger partial charge in [-0.05, 0) is 44.0 Å². The number of hydrogen-bond acceptors (Lipinski definition) is 2. The van der Waals surface area contributed by atoms with E-state index in [4.69, 9.17) is 5.26 Å². The molecule has 1 unspecified atom stereocenters. The Hall–Kier alpha value is -1.40. The Labute approximate surface area is 96.1 Å². The van der Waals surface area contributed by atoms with Crippen molar-refractivity contribution in [2.75, 3.05) is 6.54 Å². The summed E-state index contributed by atoms with van der Waals surface area (Å²) >= 11 is 0. The van der Waals surface area contributed by atoms with E-state index in [1.54, 1.807) is 0 Å². The zero-order valence-electron chi connectivity index (χ0n) is 9.54. The maximum atomic E-state index is 12.7. The molecule has 0 saturated carbocycles. The van der Waals surface area contributed by atoms with Crippen LogP contribution in [0.15, 0.2) is 24.3 Å². The normalized spacial score (nSPS) is 12.1. The van der Waals surface area contributed by atoms with E-state index in [1.165, 1.54) is 12.1 Å². The lowest BCUT2D eigenvalue weighted by molar-refractivity contribution is 0.536. The molecular weight excluding hydrogens is 203 g/mol. The molecule has 0 aliphatic carbocycles. The maximum absolute atomic E-state index is 12.7. The van der Waals surface area contributed by atoms with Crippen LogP contribution in [-0.2, 0) is 6.42 Å². The van der Waals surface area contributed by atoms with Gasteiger partial charge in [0.2, 0.25) is 0 Å². The van der Waals surface area contributed by atoms with E-state index in [9.17, 15) is 4.39 Å². The smallest absolute Gasteiger partial charge is 0.123 e. The van der Waals surface area contributed by atoms with Crippen LogP contribution in [-0.4, -0.2) is 12.6 Å². The summed E-state index contributed by atoms with van der Waals surface area (Å²) in [6.07, 6.45) is 2.35. The highest BCUT2D eigenvalue weighted by molar-refractivity contribution is 5.16. The van der Waals surface area contributed by atoms with Gasteiger partial charge in [0.05, 0.1) is 6.07 Å². The fraction of sp³-hybridized carbons (Fsp3) is 0.462. The van der Waals surface area contributed by atoms with Gasteiger partial charge < -0.3 is 5.32 Å². The zero-order valence-corrected chi connectivity index (χ0v) is 9.54. The Morgan fingerprint density at radius 2 is 2.06 bits per heavy atom. The van der Waals surface area contributed by atoms with Crippen LogP contribution in [0.3, 0.4) is 0 Å². The molecule has 0 aliphatic heterocycles. The predicted molar refractivity (Wildman–Crippen MR) is 62.4 cm³/mol. The van der Waals surface area contributed by atoms with Gasteiger partial charge in [0.1, 0.15) is 5.82 Å². The maximum Gasteiger partial charge on any atom is 0.123 e. The first kappa shape index (κ1) is 12.7. The molecule has 86 valence electrons. The number of benzene rings is 1. The van der Waals surface area contributed by atoms with Crippen molar-refractivity contribution < 1.29 is 4.39 Å². The fourth-order valence-corrected chi connectivity index (χ4v) is 1.56. The van der Waals surface area contributed by atoms with Gasteiger partial charge in [-0.25, -0.2) is 4.39 Å². The number of nitrogens with one attached hydrogen (secondary N) is 1. The van der Waals surface area contributed by atoms with E-state index < -0.39 is 0 Å². The second-order valence-electron chi connectivity index (χ2n) is 3.95. The summed E-state index contributed by atoms with van der Waals surface area (Å²) in [7, 11) is 0. The molecule has 16 heavy (non-hydrogen) atoms. The van der Waals surface area contributed by atoms with Crippen molar-refractivity contribution in [3.63, 3.8) is 0 Å². The zero-order chi connectivity index (χ0) is 11.8. The lowest BCUT2D eigenvalue weighted by Gasteiger charge is -2.13. The Morgan fingerprint density at radius 3 is 2.69 bits per heavy atom. The van der Waals surface area contributed by atoms with Crippen LogP contribution in [0.4, 0.5) is 4.39 Å². The van der Waals surface area contributed by atoms with Crippen molar-refractivity contribution in [3.05, 3.63) is 35.6 Å². The fourth-order valence-electron chi connectivity index (χ4n) is 1.56. The molecule has 1 aromatic rings. The van der Waals surface area contributed by atoms with Crippen molar-refractivity contribution >= 4 is 0 Å². The molecule has 0 radical (unpaired) electrons. The highest BCUT2D eigenvalue weighted by Crippen LogP contribution is 2.05. The lowest BCUT2D eigenvalue weighted by Crippen LogP contribution is -2.28. The standard InChI is InChI=1S/C13H17FN2/c1-11(16-9-3-2-8-15)10-12-4-6-13(14)7-5-12/h4-7,11,16H,2-3,9-10H2,1H3. The molecule has 3 heteroatoms.